The van der Waals surface area contributed by atoms with Crippen LogP contribution in [0.4, 0.5) is 0 Å². The van der Waals surface area contributed by atoms with Crippen LogP contribution in [0.25, 0.3) is 0 Å². The van der Waals surface area contributed by atoms with Crippen molar-refractivity contribution in [2.45, 2.75) is 13.8 Å². The van der Waals surface area contributed by atoms with E-state index in [1.807, 2.05) is 0 Å². The SMILES string of the molecule is CC(C)C#CCNBBO. The van der Waals surface area contributed by atoms with E-state index < -0.39 is 0 Å². The van der Waals surface area contributed by atoms with Crippen LogP contribution in [0.3, 0.4) is 0 Å². The van der Waals surface area contributed by atoms with Crippen LogP contribution >= 0.6 is 0 Å². The third-order valence-electron chi connectivity index (χ3n) is 0.893. The van der Waals surface area contributed by atoms with Crippen molar-refractivity contribution in [1.29, 1.82) is 0 Å². The van der Waals surface area contributed by atoms with Crippen molar-refractivity contribution in [2.75, 3.05) is 6.54 Å². The van der Waals surface area contributed by atoms with Gasteiger partial charge in [-0.1, -0.05) is 25.7 Å². The van der Waals surface area contributed by atoms with Gasteiger partial charge in [0.05, 0.1) is 0 Å². The van der Waals surface area contributed by atoms with Gasteiger partial charge in [0.15, 0.2) is 7.31 Å². The smallest absolute Gasteiger partial charge is 0.249 e. The van der Waals surface area contributed by atoms with Crippen molar-refractivity contribution in [2.24, 2.45) is 5.92 Å². The number of nitrogens with one attached hydrogen (secondary N) is 1. The average molecular weight is 137 g/mol. The van der Waals surface area contributed by atoms with E-state index in [9.17, 15) is 0 Å². The van der Waals surface area contributed by atoms with Crippen molar-refractivity contribution < 1.29 is 5.02 Å². The lowest BCUT2D eigenvalue weighted by Gasteiger charge is -1.91. The molecule has 0 aromatic rings. The first-order chi connectivity index (χ1) is 4.77. The lowest BCUT2D eigenvalue weighted by molar-refractivity contribution is 0.619. The fraction of sp³-hybridized carbons (Fsp3) is 0.667. The molecule has 0 aliphatic carbocycles. The van der Waals surface area contributed by atoms with Crippen LogP contribution in [-0.4, -0.2) is 26.2 Å². The van der Waals surface area contributed by atoms with E-state index in [0.717, 1.165) is 0 Å². The van der Waals surface area contributed by atoms with Crippen LogP contribution in [0.5, 0.6) is 0 Å². The molecule has 0 fully saturated rings. The second-order valence-electron chi connectivity index (χ2n) is 2.38. The first kappa shape index (κ1) is 9.61. The van der Waals surface area contributed by atoms with Gasteiger partial charge in [0, 0.05) is 12.5 Å². The van der Waals surface area contributed by atoms with Crippen molar-refractivity contribution in [3.63, 3.8) is 0 Å². The molecule has 0 aromatic heterocycles. The van der Waals surface area contributed by atoms with Crippen LogP contribution < -0.4 is 5.23 Å². The lowest BCUT2D eigenvalue weighted by atomic mass is 9.60. The molecule has 2 nitrogen and oxygen atoms in total. The standard InChI is InChI=1S/C6H13B2NO/c1-6(2)4-3-5-9-7-8-10/h6-10H,5H2,1-2H3. The molecule has 0 saturated carbocycles. The molecule has 2 N–H and O–H groups in total. The number of rotatable bonds is 3. The summed E-state index contributed by atoms with van der Waals surface area (Å²) < 4.78 is 0. The minimum absolute atomic E-state index is 0.184. The summed E-state index contributed by atoms with van der Waals surface area (Å²) in [6.45, 7) is 4.79. The zero-order valence-electron chi connectivity index (χ0n) is 6.65. The van der Waals surface area contributed by atoms with Crippen LogP contribution in [0.2, 0.25) is 0 Å². The van der Waals surface area contributed by atoms with E-state index in [4.69, 9.17) is 5.02 Å². The Bertz CT molecular complexity index is 127. The molecule has 0 unspecified atom stereocenters. The molecule has 0 radical (unpaired) electrons. The number of hydrogen-bond acceptors (Lipinski definition) is 2. The fourth-order valence-electron chi connectivity index (χ4n) is 0.485. The second kappa shape index (κ2) is 6.73. The molecule has 0 aliphatic rings. The van der Waals surface area contributed by atoms with Gasteiger partial charge in [-0.2, -0.15) is 0 Å². The third kappa shape index (κ3) is 7.61. The normalized spacial score (nSPS) is 8.40. The Kier molecular flexibility index (Phi) is 6.46. The van der Waals surface area contributed by atoms with Crippen LogP contribution in [0, 0.1) is 17.8 Å². The summed E-state index contributed by atoms with van der Waals surface area (Å²) in [5.41, 5.74) is 0. The van der Waals surface area contributed by atoms with Crippen LogP contribution in [0.1, 0.15) is 13.8 Å². The maximum Gasteiger partial charge on any atom is 0.249 e. The van der Waals surface area contributed by atoms with E-state index in [1.54, 1.807) is 0 Å². The topological polar surface area (TPSA) is 32.3 Å². The molecule has 0 heterocycles. The first-order valence-corrected chi connectivity index (χ1v) is 3.57. The Labute approximate surface area is 63.9 Å². The van der Waals surface area contributed by atoms with Gasteiger partial charge < -0.3 is 10.3 Å². The highest BCUT2D eigenvalue weighted by molar-refractivity contribution is 6.95. The summed E-state index contributed by atoms with van der Waals surface area (Å²) in [5, 5.41) is 11.3. The molecule has 0 saturated heterocycles. The Balaban J connectivity index is 3.12. The largest absolute Gasteiger partial charge is 0.461 e. The second-order valence-corrected chi connectivity index (χ2v) is 2.38. The van der Waals surface area contributed by atoms with Gasteiger partial charge in [-0.15, -0.1) is 0 Å². The predicted molar refractivity (Wildman–Crippen MR) is 47.1 cm³/mol. The van der Waals surface area contributed by atoms with Crippen molar-refractivity contribution >= 4 is 14.7 Å². The predicted octanol–water partition coefficient (Wildman–Crippen LogP) is -1.15. The molecule has 10 heavy (non-hydrogen) atoms. The van der Waals surface area contributed by atoms with Gasteiger partial charge in [0.25, 0.3) is 0 Å². The summed E-state index contributed by atoms with van der Waals surface area (Å²) in [4.78, 5) is 0. The van der Waals surface area contributed by atoms with Gasteiger partial charge in [0.1, 0.15) is 0 Å². The monoisotopic (exact) mass is 137 g/mol. The highest BCUT2D eigenvalue weighted by Crippen LogP contribution is 1.83. The maximum atomic E-state index is 8.36. The molecule has 0 bridgehead atoms. The fourth-order valence-corrected chi connectivity index (χ4v) is 0.485. The minimum atomic E-state index is 0.184. The molecular formula is C6H13B2NO. The van der Waals surface area contributed by atoms with E-state index in [0.29, 0.717) is 19.8 Å². The van der Waals surface area contributed by atoms with Crippen LogP contribution in [0.15, 0.2) is 0 Å². The zero-order valence-corrected chi connectivity index (χ0v) is 6.65. The van der Waals surface area contributed by atoms with E-state index in [2.05, 4.69) is 30.9 Å². The van der Waals surface area contributed by atoms with Crippen LogP contribution in [-0.2, 0) is 0 Å². The van der Waals surface area contributed by atoms with Gasteiger partial charge in [-0.05, 0) is 0 Å². The molecule has 0 atom stereocenters. The zero-order chi connectivity index (χ0) is 7.82. The highest BCUT2D eigenvalue weighted by Gasteiger charge is 1.85. The molecule has 4 heteroatoms. The first-order valence-electron chi connectivity index (χ1n) is 3.57. The Hall–Kier alpha value is -0.390. The van der Waals surface area contributed by atoms with Crippen molar-refractivity contribution in [1.82, 2.24) is 5.23 Å². The summed E-state index contributed by atoms with van der Waals surface area (Å²) in [7, 11) is 0.816. The van der Waals surface area contributed by atoms with Gasteiger partial charge in [-0.25, -0.2) is 0 Å². The minimum Gasteiger partial charge on any atom is -0.461 e. The molecule has 0 amide bonds. The maximum absolute atomic E-state index is 8.36. The molecule has 0 spiro atoms. The third-order valence-corrected chi connectivity index (χ3v) is 0.893. The van der Waals surface area contributed by atoms with E-state index >= 15 is 0 Å². The molecule has 54 valence electrons. The summed E-state index contributed by atoms with van der Waals surface area (Å²) in [6, 6.07) is 0. The molecule has 0 rings (SSSR count). The number of hydrogen-bond donors (Lipinski definition) is 2. The van der Waals surface area contributed by atoms with E-state index in [-0.39, 0.29) is 7.37 Å². The van der Waals surface area contributed by atoms with Gasteiger partial charge in [-0.3, -0.25) is 0 Å². The van der Waals surface area contributed by atoms with Gasteiger partial charge >= 0.3 is 0 Å². The summed E-state index contributed by atoms with van der Waals surface area (Å²) in [5.74, 6) is 6.40. The highest BCUT2D eigenvalue weighted by atomic mass is 16.2. The van der Waals surface area contributed by atoms with Crippen molar-refractivity contribution in [3.8, 4) is 11.8 Å². The lowest BCUT2D eigenvalue weighted by Crippen LogP contribution is -2.24. The quantitative estimate of drug-likeness (QED) is 0.292. The Morgan fingerprint density at radius 3 is 2.80 bits per heavy atom. The Morgan fingerprint density at radius 2 is 2.30 bits per heavy atom. The molecule has 0 aromatic carbocycles. The summed E-state index contributed by atoms with van der Waals surface area (Å²) in [6.07, 6.45) is 0. The molecular weight excluding hydrogens is 124 g/mol. The average Bonchev–Trinajstić information content (AvgIpc) is 1.87. The van der Waals surface area contributed by atoms with Gasteiger partial charge in [0.2, 0.25) is 7.37 Å². The Morgan fingerprint density at radius 1 is 1.60 bits per heavy atom. The summed E-state index contributed by atoms with van der Waals surface area (Å²) >= 11 is 0. The van der Waals surface area contributed by atoms with Crippen molar-refractivity contribution in [3.05, 3.63) is 0 Å². The molecule has 0 aliphatic heterocycles. The van der Waals surface area contributed by atoms with E-state index in [1.165, 1.54) is 0 Å².